The van der Waals surface area contributed by atoms with E-state index in [2.05, 4.69) is 10.2 Å². The van der Waals surface area contributed by atoms with Gasteiger partial charge in [0.25, 0.3) is 0 Å². The number of nitrogens with one attached hydrogen (secondary N) is 1. The van der Waals surface area contributed by atoms with E-state index in [9.17, 15) is 13.6 Å². The number of ketones is 1. The Morgan fingerprint density at radius 2 is 1.84 bits per heavy atom. The number of aromatic nitrogens is 2. The summed E-state index contributed by atoms with van der Waals surface area (Å²) in [7, 11) is 1.56. The van der Waals surface area contributed by atoms with E-state index in [0.717, 1.165) is 12.1 Å². The Hall–Kier alpha value is -3.28. The molecule has 0 fully saturated rings. The molecular formula is C19H14F2N2O2. The SMILES string of the molecule is COc1ccc(C(=O)C=Cc2cc(-c3ccc(F)c(F)c3)n[nH]2)cc1. The lowest BCUT2D eigenvalue weighted by molar-refractivity contribution is 0.104. The molecule has 0 aliphatic carbocycles. The van der Waals surface area contributed by atoms with Crippen LogP contribution in [0.25, 0.3) is 17.3 Å². The van der Waals surface area contributed by atoms with Gasteiger partial charge in [0.05, 0.1) is 18.5 Å². The van der Waals surface area contributed by atoms with Crippen LogP contribution in [0.4, 0.5) is 8.78 Å². The first-order chi connectivity index (χ1) is 12.1. The first kappa shape index (κ1) is 16.6. The molecule has 1 aromatic heterocycles. The number of allylic oxidation sites excluding steroid dienone is 1. The highest BCUT2D eigenvalue weighted by molar-refractivity contribution is 6.06. The molecule has 0 radical (unpaired) electrons. The van der Waals surface area contributed by atoms with Gasteiger partial charge >= 0.3 is 0 Å². The van der Waals surface area contributed by atoms with Crippen LogP contribution in [0.15, 0.2) is 54.6 Å². The molecular weight excluding hydrogens is 326 g/mol. The summed E-state index contributed by atoms with van der Waals surface area (Å²) in [5.74, 6) is -1.35. The maximum Gasteiger partial charge on any atom is 0.185 e. The lowest BCUT2D eigenvalue weighted by Crippen LogP contribution is -1.94. The number of H-pyrrole nitrogens is 1. The minimum Gasteiger partial charge on any atom is -0.497 e. The average molecular weight is 340 g/mol. The number of methoxy groups -OCH3 is 1. The Balaban J connectivity index is 1.74. The third-order valence-electron chi connectivity index (χ3n) is 3.60. The van der Waals surface area contributed by atoms with Crippen LogP contribution >= 0.6 is 0 Å². The fourth-order valence-corrected chi connectivity index (χ4v) is 2.24. The number of hydrogen-bond donors (Lipinski definition) is 1. The van der Waals surface area contributed by atoms with Gasteiger partial charge in [-0.2, -0.15) is 5.10 Å². The number of hydrogen-bond acceptors (Lipinski definition) is 3. The van der Waals surface area contributed by atoms with Gasteiger partial charge in [-0.25, -0.2) is 8.78 Å². The quantitative estimate of drug-likeness (QED) is 0.558. The first-order valence-corrected chi connectivity index (χ1v) is 7.44. The van der Waals surface area contributed by atoms with Gasteiger partial charge in [0, 0.05) is 11.1 Å². The molecule has 1 N–H and O–H groups in total. The molecule has 1 heterocycles. The summed E-state index contributed by atoms with van der Waals surface area (Å²) in [6, 6.07) is 12.0. The Kier molecular flexibility index (Phi) is 4.70. The molecule has 0 aliphatic heterocycles. The minimum atomic E-state index is -0.938. The van der Waals surface area contributed by atoms with E-state index in [-0.39, 0.29) is 5.78 Å². The molecule has 126 valence electrons. The van der Waals surface area contributed by atoms with Crippen molar-refractivity contribution in [1.29, 1.82) is 0 Å². The lowest BCUT2D eigenvalue weighted by Gasteiger charge is -1.99. The highest BCUT2D eigenvalue weighted by Crippen LogP contribution is 2.21. The molecule has 2 aromatic carbocycles. The second-order valence-electron chi connectivity index (χ2n) is 5.26. The number of halogens is 2. The smallest absolute Gasteiger partial charge is 0.185 e. The van der Waals surface area contributed by atoms with E-state index in [1.807, 2.05) is 0 Å². The molecule has 6 heteroatoms. The fraction of sp³-hybridized carbons (Fsp3) is 0.0526. The maximum atomic E-state index is 13.3. The van der Waals surface area contributed by atoms with Crippen LogP contribution in [0, 0.1) is 11.6 Å². The fourth-order valence-electron chi connectivity index (χ4n) is 2.24. The number of carbonyl (C=O) groups excluding carboxylic acids is 1. The van der Waals surface area contributed by atoms with Gasteiger partial charge < -0.3 is 4.74 Å². The molecule has 3 rings (SSSR count). The van der Waals surface area contributed by atoms with Crippen LogP contribution in [0.3, 0.4) is 0 Å². The van der Waals surface area contributed by atoms with Crippen molar-refractivity contribution in [2.75, 3.05) is 7.11 Å². The zero-order valence-electron chi connectivity index (χ0n) is 13.3. The van der Waals surface area contributed by atoms with E-state index < -0.39 is 11.6 Å². The van der Waals surface area contributed by atoms with Crippen LogP contribution < -0.4 is 4.74 Å². The molecule has 0 aliphatic rings. The van der Waals surface area contributed by atoms with Crippen molar-refractivity contribution >= 4 is 11.9 Å². The summed E-state index contributed by atoms with van der Waals surface area (Å²) >= 11 is 0. The minimum absolute atomic E-state index is 0.174. The predicted molar refractivity (Wildman–Crippen MR) is 90.3 cm³/mol. The number of carbonyl (C=O) groups is 1. The number of benzene rings is 2. The van der Waals surface area contributed by atoms with Crippen molar-refractivity contribution in [2.24, 2.45) is 0 Å². The second kappa shape index (κ2) is 7.09. The van der Waals surface area contributed by atoms with Crippen LogP contribution in [-0.2, 0) is 0 Å². The van der Waals surface area contributed by atoms with E-state index >= 15 is 0 Å². The lowest BCUT2D eigenvalue weighted by atomic mass is 10.1. The Labute approximate surface area is 142 Å². The van der Waals surface area contributed by atoms with Crippen molar-refractivity contribution in [3.05, 3.63) is 77.5 Å². The summed E-state index contributed by atoms with van der Waals surface area (Å²) < 4.78 is 31.3. The van der Waals surface area contributed by atoms with Crippen LogP contribution in [0.2, 0.25) is 0 Å². The van der Waals surface area contributed by atoms with Gasteiger partial charge in [0.15, 0.2) is 17.4 Å². The Morgan fingerprint density at radius 3 is 2.52 bits per heavy atom. The van der Waals surface area contributed by atoms with Gasteiger partial charge in [-0.15, -0.1) is 0 Å². The Morgan fingerprint density at radius 1 is 1.08 bits per heavy atom. The van der Waals surface area contributed by atoms with Crippen molar-refractivity contribution in [1.82, 2.24) is 10.2 Å². The van der Waals surface area contributed by atoms with Gasteiger partial charge in [0.2, 0.25) is 0 Å². The van der Waals surface area contributed by atoms with Gasteiger partial charge in [-0.05, 0) is 60.7 Å². The first-order valence-electron chi connectivity index (χ1n) is 7.44. The van der Waals surface area contributed by atoms with Crippen molar-refractivity contribution in [2.45, 2.75) is 0 Å². The third kappa shape index (κ3) is 3.80. The Bertz CT molecular complexity index is 931. The zero-order valence-corrected chi connectivity index (χ0v) is 13.3. The average Bonchev–Trinajstić information content (AvgIpc) is 3.11. The summed E-state index contributed by atoms with van der Waals surface area (Å²) in [6.45, 7) is 0. The molecule has 0 atom stereocenters. The summed E-state index contributed by atoms with van der Waals surface area (Å²) in [5, 5.41) is 6.78. The number of aromatic amines is 1. The second-order valence-corrected chi connectivity index (χ2v) is 5.26. The highest BCUT2D eigenvalue weighted by Gasteiger charge is 2.08. The number of nitrogens with zero attached hydrogens (tertiary/aromatic N) is 1. The third-order valence-corrected chi connectivity index (χ3v) is 3.60. The standard InChI is InChI=1S/C19H14F2N2O2/c1-25-15-6-2-12(3-7-15)19(24)9-5-14-11-18(23-22-14)13-4-8-16(20)17(21)10-13/h2-11H,1H3,(H,22,23). The topological polar surface area (TPSA) is 55.0 Å². The molecule has 0 spiro atoms. The van der Waals surface area contributed by atoms with E-state index in [1.54, 1.807) is 43.5 Å². The zero-order chi connectivity index (χ0) is 17.8. The van der Waals surface area contributed by atoms with Crippen LogP contribution in [0.5, 0.6) is 5.75 Å². The highest BCUT2D eigenvalue weighted by atomic mass is 19.2. The molecule has 4 nitrogen and oxygen atoms in total. The molecule has 25 heavy (non-hydrogen) atoms. The number of rotatable bonds is 5. The summed E-state index contributed by atoms with van der Waals surface area (Å²) in [4.78, 5) is 12.1. The van der Waals surface area contributed by atoms with E-state index in [4.69, 9.17) is 4.74 Å². The molecule has 0 saturated heterocycles. The molecule has 0 saturated carbocycles. The van der Waals surface area contributed by atoms with Crippen molar-refractivity contribution in [3.8, 4) is 17.0 Å². The molecule has 0 bridgehead atoms. The van der Waals surface area contributed by atoms with Gasteiger partial charge in [-0.1, -0.05) is 0 Å². The van der Waals surface area contributed by atoms with Crippen LogP contribution in [-0.4, -0.2) is 23.1 Å². The predicted octanol–water partition coefficient (Wildman–Crippen LogP) is 4.26. The van der Waals surface area contributed by atoms with Gasteiger partial charge in [0.1, 0.15) is 5.75 Å². The molecule has 3 aromatic rings. The van der Waals surface area contributed by atoms with Gasteiger partial charge in [-0.3, -0.25) is 9.89 Å². The summed E-state index contributed by atoms with van der Waals surface area (Å²) in [5.41, 5.74) is 1.99. The number of ether oxygens (including phenoxy) is 1. The summed E-state index contributed by atoms with van der Waals surface area (Å²) in [6.07, 6.45) is 2.98. The maximum absolute atomic E-state index is 13.3. The van der Waals surface area contributed by atoms with Crippen molar-refractivity contribution < 1.29 is 18.3 Å². The van der Waals surface area contributed by atoms with Crippen molar-refractivity contribution in [3.63, 3.8) is 0 Å². The largest absolute Gasteiger partial charge is 0.497 e. The molecule has 0 amide bonds. The molecule has 0 unspecified atom stereocenters. The van der Waals surface area contributed by atoms with E-state index in [1.165, 1.54) is 12.1 Å². The monoisotopic (exact) mass is 340 g/mol. The van der Waals surface area contributed by atoms with E-state index in [0.29, 0.717) is 28.3 Å². The normalized spacial score (nSPS) is 11.0. The van der Waals surface area contributed by atoms with Crippen LogP contribution in [0.1, 0.15) is 16.1 Å².